The number of rotatable bonds is 3. The largest absolute Gasteiger partial charge is 0.492 e. The van der Waals surface area contributed by atoms with Crippen molar-refractivity contribution in [1.82, 2.24) is 4.98 Å². The van der Waals surface area contributed by atoms with Crippen LogP contribution in [0.2, 0.25) is 5.02 Å². The average Bonchev–Trinajstić information content (AvgIpc) is 3.16. The number of hydrogen-bond donors (Lipinski definition) is 2. The van der Waals surface area contributed by atoms with Crippen molar-refractivity contribution in [2.75, 3.05) is 5.32 Å². The van der Waals surface area contributed by atoms with E-state index in [0.717, 1.165) is 16.8 Å². The van der Waals surface area contributed by atoms with Crippen LogP contribution in [-0.2, 0) is 0 Å². The zero-order chi connectivity index (χ0) is 17.4. The van der Waals surface area contributed by atoms with Crippen LogP contribution in [0, 0.1) is 5.82 Å². The molecule has 1 aliphatic rings. The van der Waals surface area contributed by atoms with Gasteiger partial charge in [-0.15, -0.1) is 0 Å². The summed E-state index contributed by atoms with van der Waals surface area (Å²) in [4.78, 5) is 9.04. The van der Waals surface area contributed by atoms with Crippen LogP contribution >= 0.6 is 22.9 Å². The zero-order valence-corrected chi connectivity index (χ0v) is 14.3. The first-order chi connectivity index (χ1) is 12.1. The van der Waals surface area contributed by atoms with Crippen molar-refractivity contribution in [3.05, 3.63) is 63.7 Å². The van der Waals surface area contributed by atoms with Gasteiger partial charge in [0.1, 0.15) is 5.82 Å². The fraction of sp³-hybridized carbons (Fsp3) is 0. The third-order valence-electron chi connectivity index (χ3n) is 3.65. The van der Waals surface area contributed by atoms with Crippen molar-refractivity contribution in [2.45, 2.75) is 0 Å². The van der Waals surface area contributed by atoms with Gasteiger partial charge < -0.3 is 10.4 Å². The number of nitrogens with one attached hydrogen (secondary N) is 1. The lowest BCUT2D eigenvalue weighted by Gasteiger charge is -2.02. The molecule has 0 fully saturated rings. The fourth-order valence-corrected chi connectivity index (χ4v) is 3.48. The predicted molar refractivity (Wildman–Crippen MR) is 101 cm³/mol. The summed E-state index contributed by atoms with van der Waals surface area (Å²) in [5.74, 6) is -0.565. The quantitative estimate of drug-likeness (QED) is 0.626. The maximum Gasteiger partial charge on any atom is 0.231 e. The van der Waals surface area contributed by atoms with Gasteiger partial charge in [0.05, 0.1) is 15.6 Å². The Morgan fingerprint density at radius 3 is 2.88 bits per heavy atom. The Bertz CT molecular complexity index is 1030. The number of halogens is 2. The Hall–Kier alpha value is -2.70. The summed E-state index contributed by atoms with van der Waals surface area (Å²) in [6.07, 6.45) is 3.60. The molecule has 0 spiro atoms. The van der Waals surface area contributed by atoms with E-state index >= 15 is 0 Å². The van der Waals surface area contributed by atoms with Gasteiger partial charge in [-0.2, -0.15) is 4.98 Å². The molecule has 4 rings (SSSR count). The topological polar surface area (TPSA) is 57.5 Å². The number of aromatic hydroxyl groups is 1. The average molecular weight is 372 g/mol. The molecule has 0 atom stereocenters. The van der Waals surface area contributed by atoms with Crippen LogP contribution in [0.1, 0.15) is 10.4 Å². The van der Waals surface area contributed by atoms with Crippen LogP contribution in [0.5, 0.6) is 5.88 Å². The smallest absolute Gasteiger partial charge is 0.231 e. The molecule has 0 aliphatic carbocycles. The van der Waals surface area contributed by atoms with Gasteiger partial charge in [-0.05, 0) is 30.3 Å². The SMILES string of the molecule is Oc1nc(Nc2ccc(F)c(Cl)c2)sc1C=C1C=Nc2ccccc21. The fourth-order valence-electron chi connectivity index (χ4n) is 2.46. The van der Waals surface area contributed by atoms with Crippen molar-refractivity contribution in [3.63, 3.8) is 0 Å². The van der Waals surface area contributed by atoms with E-state index in [1.807, 2.05) is 30.3 Å². The van der Waals surface area contributed by atoms with Gasteiger partial charge in [0, 0.05) is 23.0 Å². The van der Waals surface area contributed by atoms with Crippen molar-refractivity contribution >= 4 is 57.3 Å². The minimum atomic E-state index is -0.487. The van der Waals surface area contributed by atoms with Crippen molar-refractivity contribution in [3.8, 4) is 5.88 Å². The van der Waals surface area contributed by atoms with Gasteiger partial charge in [0.15, 0.2) is 5.13 Å². The molecule has 2 N–H and O–H groups in total. The number of aromatic nitrogens is 1. The lowest BCUT2D eigenvalue weighted by atomic mass is 10.1. The Morgan fingerprint density at radius 2 is 2.04 bits per heavy atom. The molecule has 0 radical (unpaired) electrons. The molecule has 2 aromatic carbocycles. The number of nitrogens with zero attached hydrogens (tertiary/aromatic N) is 2. The number of hydrogen-bond acceptors (Lipinski definition) is 5. The summed E-state index contributed by atoms with van der Waals surface area (Å²) in [7, 11) is 0. The molecule has 0 bridgehead atoms. The number of fused-ring (bicyclic) bond motifs is 1. The van der Waals surface area contributed by atoms with E-state index in [9.17, 15) is 9.50 Å². The molecule has 7 heteroatoms. The highest BCUT2D eigenvalue weighted by molar-refractivity contribution is 7.16. The Labute approximate surface area is 152 Å². The number of thiazole rings is 1. The number of aliphatic imine (C=N–C) groups is 1. The van der Waals surface area contributed by atoms with Gasteiger partial charge in [-0.1, -0.05) is 41.1 Å². The summed E-state index contributed by atoms with van der Waals surface area (Å²) in [6.45, 7) is 0. The molecule has 4 nitrogen and oxygen atoms in total. The summed E-state index contributed by atoms with van der Waals surface area (Å²) in [5.41, 5.74) is 3.41. The molecular weight excluding hydrogens is 361 g/mol. The highest BCUT2D eigenvalue weighted by atomic mass is 35.5. The molecule has 1 aliphatic heterocycles. The molecular formula is C18H11ClFN3OS. The van der Waals surface area contributed by atoms with Crippen LogP contribution in [0.25, 0.3) is 11.6 Å². The number of para-hydroxylation sites is 1. The number of anilines is 2. The first-order valence-corrected chi connectivity index (χ1v) is 8.56. The monoisotopic (exact) mass is 371 g/mol. The first-order valence-electron chi connectivity index (χ1n) is 7.37. The van der Waals surface area contributed by atoms with Crippen LogP contribution < -0.4 is 5.32 Å². The van der Waals surface area contributed by atoms with Gasteiger partial charge in [-0.25, -0.2) is 4.39 Å². The summed E-state index contributed by atoms with van der Waals surface area (Å²) in [6, 6.07) is 12.1. The van der Waals surface area contributed by atoms with E-state index in [4.69, 9.17) is 11.6 Å². The third-order valence-corrected chi connectivity index (χ3v) is 4.85. The Kier molecular flexibility index (Phi) is 3.99. The molecule has 124 valence electrons. The molecule has 2 heterocycles. The Morgan fingerprint density at radius 1 is 1.20 bits per heavy atom. The highest BCUT2D eigenvalue weighted by Gasteiger charge is 2.14. The summed E-state index contributed by atoms with van der Waals surface area (Å²) >= 11 is 7.05. The maximum absolute atomic E-state index is 13.2. The van der Waals surface area contributed by atoms with E-state index in [-0.39, 0.29) is 10.9 Å². The molecule has 0 saturated heterocycles. The predicted octanol–water partition coefficient (Wildman–Crippen LogP) is 5.64. The summed E-state index contributed by atoms with van der Waals surface area (Å²) < 4.78 is 13.2. The minimum Gasteiger partial charge on any atom is -0.492 e. The van der Waals surface area contributed by atoms with Gasteiger partial charge >= 0.3 is 0 Å². The second-order valence-corrected chi connectivity index (χ2v) is 6.77. The van der Waals surface area contributed by atoms with Crippen LogP contribution in [-0.4, -0.2) is 16.3 Å². The molecule has 0 amide bonds. The van der Waals surface area contributed by atoms with E-state index in [1.165, 1.54) is 23.5 Å². The second-order valence-electron chi connectivity index (χ2n) is 5.34. The lowest BCUT2D eigenvalue weighted by molar-refractivity contribution is 0.457. The van der Waals surface area contributed by atoms with Gasteiger partial charge in [0.2, 0.25) is 5.88 Å². The molecule has 1 aromatic heterocycles. The minimum absolute atomic E-state index is 0.0203. The van der Waals surface area contributed by atoms with E-state index in [0.29, 0.717) is 15.7 Å². The first kappa shape index (κ1) is 15.8. The van der Waals surface area contributed by atoms with Crippen molar-refractivity contribution in [1.29, 1.82) is 0 Å². The highest BCUT2D eigenvalue weighted by Crippen LogP contribution is 2.37. The normalized spacial score (nSPS) is 14.1. The van der Waals surface area contributed by atoms with E-state index in [2.05, 4.69) is 15.3 Å². The number of allylic oxidation sites excluding steroid dienone is 1. The van der Waals surface area contributed by atoms with Crippen molar-refractivity contribution in [2.24, 2.45) is 4.99 Å². The van der Waals surface area contributed by atoms with Crippen molar-refractivity contribution < 1.29 is 9.50 Å². The molecule has 0 saturated carbocycles. The van der Waals surface area contributed by atoms with Gasteiger partial charge in [-0.3, -0.25) is 4.99 Å². The number of benzene rings is 2. The third kappa shape index (κ3) is 3.14. The Balaban J connectivity index is 1.62. The lowest BCUT2D eigenvalue weighted by Crippen LogP contribution is -1.89. The van der Waals surface area contributed by atoms with Crippen LogP contribution in [0.4, 0.5) is 20.9 Å². The van der Waals surface area contributed by atoms with Crippen LogP contribution in [0.3, 0.4) is 0 Å². The molecule has 3 aromatic rings. The molecule has 0 unspecified atom stereocenters. The van der Waals surface area contributed by atoms with E-state index < -0.39 is 5.82 Å². The van der Waals surface area contributed by atoms with E-state index in [1.54, 1.807) is 12.3 Å². The second kappa shape index (κ2) is 6.31. The molecule has 25 heavy (non-hydrogen) atoms. The summed E-state index contributed by atoms with van der Waals surface area (Å²) in [5, 5.41) is 13.6. The van der Waals surface area contributed by atoms with Crippen LogP contribution in [0.15, 0.2) is 47.5 Å². The zero-order valence-electron chi connectivity index (χ0n) is 12.7. The maximum atomic E-state index is 13.2. The standard InChI is InChI=1S/C18H11ClFN3OS/c19-13-8-11(5-6-14(13)20)22-18-23-17(24)16(25-18)7-10-9-21-15-4-2-1-3-12(10)15/h1-9,24H,(H,22,23). The van der Waals surface area contributed by atoms with Gasteiger partial charge in [0.25, 0.3) is 0 Å².